The number of rotatable bonds is 10. The van der Waals surface area contributed by atoms with Crippen molar-refractivity contribution in [1.82, 2.24) is 10.2 Å². The summed E-state index contributed by atoms with van der Waals surface area (Å²) < 4.78 is 5.56. The van der Waals surface area contributed by atoms with Crippen molar-refractivity contribution in [2.75, 3.05) is 32.8 Å². The summed E-state index contributed by atoms with van der Waals surface area (Å²) in [6.07, 6.45) is 6.66. The lowest BCUT2D eigenvalue weighted by molar-refractivity contribution is 0.0595. The van der Waals surface area contributed by atoms with E-state index in [4.69, 9.17) is 4.74 Å². The summed E-state index contributed by atoms with van der Waals surface area (Å²) in [5, 5.41) is 3.79. The smallest absolute Gasteiger partial charge is 0.0593 e. The standard InChI is InChI=1S/C17H36N2O/c1-5-11-18-16-10-9-15(6-2)14-17(16)19(7-3)12-13-20-8-4/h15-18H,5-14H2,1-4H3. The summed E-state index contributed by atoms with van der Waals surface area (Å²) in [6, 6.07) is 1.38. The average molecular weight is 284 g/mol. The van der Waals surface area contributed by atoms with Crippen LogP contribution in [-0.4, -0.2) is 49.8 Å². The molecule has 3 atom stereocenters. The van der Waals surface area contributed by atoms with E-state index in [-0.39, 0.29) is 0 Å². The second-order valence-electron chi connectivity index (χ2n) is 6.04. The predicted octanol–water partition coefficient (Wildman–Crippen LogP) is 3.29. The van der Waals surface area contributed by atoms with Crippen LogP contribution in [0, 0.1) is 5.92 Å². The van der Waals surface area contributed by atoms with Gasteiger partial charge in [0.2, 0.25) is 0 Å². The minimum Gasteiger partial charge on any atom is -0.380 e. The zero-order chi connectivity index (χ0) is 14.8. The molecule has 0 spiro atoms. The third-order valence-electron chi connectivity index (χ3n) is 4.76. The molecule has 0 heterocycles. The number of nitrogens with one attached hydrogen (secondary N) is 1. The molecular weight excluding hydrogens is 248 g/mol. The van der Waals surface area contributed by atoms with Crippen LogP contribution in [0.2, 0.25) is 0 Å². The van der Waals surface area contributed by atoms with Crippen LogP contribution in [0.15, 0.2) is 0 Å². The molecule has 0 saturated heterocycles. The van der Waals surface area contributed by atoms with Crippen molar-refractivity contribution in [2.24, 2.45) is 5.92 Å². The molecule has 1 rings (SSSR count). The molecule has 3 unspecified atom stereocenters. The molecule has 3 nitrogen and oxygen atoms in total. The zero-order valence-corrected chi connectivity index (χ0v) is 14.2. The number of hydrogen-bond donors (Lipinski definition) is 1. The molecule has 0 aliphatic heterocycles. The average Bonchev–Trinajstić information content (AvgIpc) is 2.49. The molecule has 0 bridgehead atoms. The van der Waals surface area contributed by atoms with Crippen molar-refractivity contribution in [2.45, 2.75) is 71.9 Å². The van der Waals surface area contributed by atoms with Crippen LogP contribution >= 0.6 is 0 Å². The molecule has 1 N–H and O–H groups in total. The molecule has 0 aromatic heterocycles. The first-order valence-electron chi connectivity index (χ1n) is 8.81. The van der Waals surface area contributed by atoms with Crippen LogP contribution in [0.25, 0.3) is 0 Å². The monoisotopic (exact) mass is 284 g/mol. The Morgan fingerprint density at radius 3 is 2.55 bits per heavy atom. The molecular formula is C17H36N2O. The zero-order valence-electron chi connectivity index (χ0n) is 14.2. The van der Waals surface area contributed by atoms with Gasteiger partial charge in [-0.2, -0.15) is 0 Å². The first-order valence-corrected chi connectivity index (χ1v) is 8.81. The van der Waals surface area contributed by atoms with E-state index in [0.29, 0.717) is 12.1 Å². The van der Waals surface area contributed by atoms with Crippen molar-refractivity contribution >= 4 is 0 Å². The van der Waals surface area contributed by atoms with E-state index in [9.17, 15) is 0 Å². The maximum Gasteiger partial charge on any atom is 0.0593 e. The molecule has 0 aromatic carbocycles. The minimum absolute atomic E-state index is 0.680. The number of likely N-dealkylation sites (N-methyl/N-ethyl adjacent to an activating group) is 1. The van der Waals surface area contributed by atoms with Gasteiger partial charge in [-0.3, -0.25) is 4.90 Å². The topological polar surface area (TPSA) is 24.5 Å². The van der Waals surface area contributed by atoms with Gasteiger partial charge >= 0.3 is 0 Å². The number of ether oxygens (including phenoxy) is 1. The van der Waals surface area contributed by atoms with E-state index in [0.717, 1.165) is 38.8 Å². The molecule has 20 heavy (non-hydrogen) atoms. The lowest BCUT2D eigenvalue weighted by Crippen LogP contribution is -2.54. The fraction of sp³-hybridized carbons (Fsp3) is 1.00. The molecule has 0 amide bonds. The first kappa shape index (κ1) is 17.9. The van der Waals surface area contributed by atoms with Crippen molar-refractivity contribution in [1.29, 1.82) is 0 Å². The lowest BCUT2D eigenvalue weighted by Gasteiger charge is -2.43. The van der Waals surface area contributed by atoms with Gasteiger partial charge in [0.15, 0.2) is 0 Å². The van der Waals surface area contributed by atoms with Crippen LogP contribution in [-0.2, 0) is 4.74 Å². The minimum atomic E-state index is 0.680. The first-order chi connectivity index (χ1) is 9.76. The van der Waals surface area contributed by atoms with Gasteiger partial charge in [0.1, 0.15) is 0 Å². The van der Waals surface area contributed by atoms with Crippen LogP contribution in [0.5, 0.6) is 0 Å². The SMILES string of the molecule is CCCNC1CCC(CC)CC1N(CC)CCOCC. The lowest BCUT2D eigenvalue weighted by atomic mass is 9.80. The Kier molecular flexibility index (Phi) is 9.49. The molecule has 1 saturated carbocycles. The molecule has 0 aromatic rings. The summed E-state index contributed by atoms with van der Waals surface area (Å²) in [4.78, 5) is 2.64. The van der Waals surface area contributed by atoms with E-state index in [2.05, 4.69) is 37.9 Å². The Labute approximate surface area is 126 Å². The maximum atomic E-state index is 5.56. The molecule has 1 aliphatic carbocycles. The van der Waals surface area contributed by atoms with Crippen LogP contribution in [0.3, 0.4) is 0 Å². The Bertz CT molecular complexity index is 235. The van der Waals surface area contributed by atoms with E-state index in [1.54, 1.807) is 0 Å². The van der Waals surface area contributed by atoms with Gasteiger partial charge in [-0.1, -0.05) is 27.2 Å². The molecule has 3 heteroatoms. The summed E-state index contributed by atoms with van der Waals surface area (Å²) in [6.45, 7) is 14.0. The van der Waals surface area contributed by atoms with Crippen molar-refractivity contribution in [3.8, 4) is 0 Å². The second kappa shape index (κ2) is 10.6. The van der Waals surface area contributed by atoms with Crippen molar-refractivity contribution < 1.29 is 4.74 Å². The Morgan fingerprint density at radius 2 is 1.95 bits per heavy atom. The fourth-order valence-electron chi connectivity index (χ4n) is 3.46. The Balaban J connectivity index is 2.58. The molecule has 1 aliphatic rings. The summed E-state index contributed by atoms with van der Waals surface area (Å²) in [7, 11) is 0. The molecule has 120 valence electrons. The van der Waals surface area contributed by atoms with E-state index < -0.39 is 0 Å². The van der Waals surface area contributed by atoms with Gasteiger partial charge in [-0.25, -0.2) is 0 Å². The highest BCUT2D eigenvalue weighted by molar-refractivity contribution is 4.90. The summed E-state index contributed by atoms with van der Waals surface area (Å²) >= 11 is 0. The molecule has 1 fully saturated rings. The van der Waals surface area contributed by atoms with Crippen molar-refractivity contribution in [3.63, 3.8) is 0 Å². The number of hydrogen-bond acceptors (Lipinski definition) is 3. The van der Waals surface area contributed by atoms with Gasteiger partial charge in [0, 0.05) is 25.2 Å². The third kappa shape index (κ3) is 5.71. The van der Waals surface area contributed by atoms with Gasteiger partial charge in [-0.15, -0.1) is 0 Å². The maximum absolute atomic E-state index is 5.56. The third-order valence-corrected chi connectivity index (χ3v) is 4.76. The van der Waals surface area contributed by atoms with Crippen LogP contribution < -0.4 is 5.32 Å². The van der Waals surface area contributed by atoms with Crippen LogP contribution in [0.4, 0.5) is 0 Å². The highest BCUT2D eigenvalue weighted by Crippen LogP contribution is 2.30. The fourth-order valence-corrected chi connectivity index (χ4v) is 3.46. The normalized spacial score (nSPS) is 27.1. The quantitative estimate of drug-likeness (QED) is 0.623. The highest BCUT2D eigenvalue weighted by atomic mass is 16.5. The van der Waals surface area contributed by atoms with Gasteiger partial charge in [0.05, 0.1) is 6.61 Å². The van der Waals surface area contributed by atoms with Gasteiger partial charge in [-0.05, 0) is 51.6 Å². The van der Waals surface area contributed by atoms with E-state index in [1.165, 1.54) is 32.1 Å². The van der Waals surface area contributed by atoms with E-state index >= 15 is 0 Å². The Morgan fingerprint density at radius 1 is 1.15 bits per heavy atom. The largest absolute Gasteiger partial charge is 0.380 e. The van der Waals surface area contributed by atoms with Crippen LogP contribution in [0.1, 0.15) is 59.8 Å². The Hall–Kier alpha value is -0.120. The van der Waals surface area contributed by atoms with E-state index in [1.807, 2.05) is 0 Å². The predicted molar refractivity (Wildman–Crippen MR) is 87.2 cm³/mol. The summed E-state index contributed by atoms with van der Waals surface area (Å²) in [5.41, 5.74) is 0. The second-order valence-corrected chi connectivity index (χ2v) is 6.04. The van der Waals surface area contributed by atoms with Crippen molar-refractivity contribution in [3.05, 3.63) is 0 Å². The summed E-state index contributed by atoms with van der Waals surface area (Å²) in [5.74, 6) is 0.917. The highest BCUT2D eigenvalue weighted by Gasteiger charge is 2.32. The molecule has 0 radical (unpaired) electrons. The van der Waals surface area contributed by atoms with Gasteiger partial charge in [0.25, 0.3) is 0 Å². The number of nitrogens with zero attached hydrogens (tertiary/aromatic N) is 1. The van der Waals surface area contributed by atoms with Gasteiger partial charge < -0.3 is 10.1 Å².